The lowest BCUT2D eigenvalue weighted by atomic mass is 10.1. The number of nitrogens with two attached hydrogens (primary N) is 1. The number of carbonyl (C=O) groups is 1. The van der Waals surface area contributed by atoms with E-state index in [-0.39, 0.29) is 30.4 Å². The Bertz CT molecular complexity index is 562. The van der Waals surface area contributed by atoms with Crippen LogP contribution in [0.2, 0.25) is 0 Å². The van der Waals surface area contributed by atoms with Gasteiger partial charge in [0, 0.05) is 24.9 Å². The molecule has 4 nitrogen and oxygen atoms in total. The van der Waals surface area contributed by atoms with E-state index in [1.165, 1.54) is 0 Å². The molecule has 116 valence electrons. The maximum Gasteiger partial charge on any atom is 0.222 e. The van der Waals surface area contributed by atoms with Crippen LogP contribution in [0, 0.1) is 0 Å². The smallest absolute Gasteiger partial charge is 0.222 e. The van der Waals surface area contributed by atoms with E-state index >= 15 is 0 Å². The Morgan fingerprint density at radius 3 is 2.62 bits per heavy atom. The molecule has 21 heavy (non-hydrogen) atoms. The van der Waals surface area contributed by atoms with Crippen molar-refractivity contribution in [2.45, 2.75) is 38.8 Å². The number of fused-ring (bicyclic) bond motifs is 1. The summed E-state index contributed by atoms with van der Waals surface area (Å²) in [5, 5.41) is 1.06. The van der Waals surface area contributed by atoms with Crippen molar-refractivity contribution in [2.75, 3.05) is 7.05 Å². The Labute approximate surface area is 131 Å². The third-order valence-corrected chi connectivity index (χ3v) is 3.64. The molecule has 2 N–H and O–H groups in total. The van der Waals surface area contributed by atoms with Crippen molar-refractivity contribution in [1.29, 1.82) is 0 Å². The molecule has 1 aromatic carbocycles. The molecule has 2 atom stereocenters. The zero-order valence-corrected chi connectivity index (χ0v) is 13.5. The minimum absolute atomic E-state index is 0. The summed E-state index contributed by atoms with van der Waals surface area (Å²) in [6.45, 7) is 3.89. The maximum atomic E-state index is 12.1. The molecule has 0 saturated carbocycles. The Morgan fingerprint density at radius 2 is 2.00 bits per heavy atom. The van der Waals surface area contributed by atoms with E-state index in [2.05, 4.69) is 0 Å². The molecule has 2 rings (SSSR count). The summed E-state index contributed by atoms with van der Waals surface area (Å²) in [5.74, 6) is 0.901. The fourth-order valence-electron chi connectivity index (χ4n) is 2.14. The van der Waals surface area contributed by atoms with Crippen LogP contribution in [0.25, 0.3) is 11.0 Å². The van der Waals surface area contributed by atoms with E-state index in [0.717, 1.165) is 16.7 Å². The number of benzene rings is 1. The predicted octanol–water partition coefficient (Wildman–Crippen LogP) is 3.50. The Kier molecular flexibility index (Phi) is 6.24. The first-order valence-electron chi connectivity index (χ1n) is 6.98. The molecule has 1 aromatic heterocycles. The van der Waals surface area contributed by atoms with Crippen molar-refractivity contribution in [1.82, 2.24) is 4.90 Å². The lowest BCUT2D eigenvalue weighted by Crippen LogP contribution is -2.30. The SMILES string of the molecule is CC(N)CCC(=O)N(C)C(C)c1cc2ccccc2o1.Cl. The lowest BCUT2D eigenvalue weighted by Gasteiger charge is -2.23. The van der Waals surface area contributed by atoms with Gasteiger partial charge in [0.05, 0.1) is 6.04 Å². The Balaban J connectivity index is 0.00000220. The van der Waals surface area contributed by atoms with Crippen LogP contribution in [-0.4, -0.2) is 23.9 Å². The van der Waals surface area contributed by atoms with Crippen LogP contribution in [0.5, 0.6) is 0 Å². The zero-order chi connectivity index (χ0) is 14.7. The highest BCUT2D eigenvalue weighted by Gasteiger charge is 2.20. The van der Waals surface area contributed by atoms with Gasteiger partial charge in [-0.25, -0.2) is 0 Å². The highest BCUT2D eigenvalue weighted by molar-refractivity contribution is 5.85. The molecule has 0 aliphatic carbocycles. The van der Waals surface area contributed by atoms with E-state index < -0.39 is 0 Å². The monoisotopic (exact) mass is 310 g/mol. The predicted molar refractivity (Wildman–Crippen MR) is 87.5 cm³/mol. The van der Waals surface area contributed by atoms with Gasteiger partial charge in [-0.1, -0.05) is 18.2 Å². The fraction of sp³-hybridized carbons (Fsp3) is 0.438. The number of nitrogens with zero attached hydrogens (tertiary/aromatic N) is 1. The maximum absolute atomic E-state index is 12.1. The first kappa shape index (κ1) is 17.5. The van der Waals surface area contributed by atoms with Crippen molar-refractivity contribution in [3.05, 3.63) is 36.1 Å². The Hall–Kier alpha value is -1.52. The first-order chi connectivity index (χ1) is 9.49. The molecule has 0 aliphatic heterocycles. The van der Waals surface area contributed by atoms with Crippen molar-refractivity contribution < 1.29 is 9.21 Å². The van der Waals surface area contributed by atoms with E-state index in [9.17, 15) is 4.79 Å². The first-order valence-corrected chi connectivity index (χ1v) is 6.98. The molecule has 2 aromatic rings. The van der Waals surface area contributed by atoms with Gasteiger partial charge >= 0.3 is 0 Å². The number of carbonyl (C=O) groups excluding carboxylic acids is 1. The van der Waals surface area contributed by atoms with Gasteiger partial charge in [-0.05, 0) is 32.4 Å². The molecule has 0 radical (unpaired) electrons. The molecular weight excluding hydrogens is 288 g/mol. The Morgan fingerprint density at radius 1 is 1.33 bits per heavy atom. The van der Waals surface area contributed by atoms with Gasteiger partial charge in [0.25, 0.3) is 0 Å². The summed E-state index contributed by atoms with van der Waals surface area (Å²) in [5.41, 5.74) is 6.54. The molecule has 1 amide bonds. The molecular formula is C16H23ClN2O2. The number of hydrogen-bond acceptors (Lipinski definition) is 3. The van der Waals surface area contributed by atoms with Gasteiger partial charge in [-0.3, -0.25) is 4.79 Å². The second kappa shape index (κ2) is 7.48. The standard InChI is InChI=1S/C16H22N2O2.ClH/c1-11(17)8-9-16(19)18(3)12(2)15-10-13-6-4-5-7-14(13)20-15;/h4-7,10-12H,8-9,17H2,1-3H3;1H. The summed E-state index contributed by atoms with van der Waals surface area (Å²) in [6, 6.07) is 9.82. The molecule has 2 unspecified atom stereocenters. The van der Waals surface area contributed by atoms with Crippen LogP contribution in [0.1, 0.15) is 38.5 Å². The van der Waals surface area contributed by atoms with Crippen molar-refractivity contribution in [2.24, 2.45) is 5.73 Å². The van der Waals surface area contributed by atoms with Crippen LogP contribution >= 0.6 is 12.4 Å². The number of hydrogen-bond donors (Lipinski definition) is 1. The van der Waals surface area contributed by atoms with Crippen molar-refractivity contribution in [3.63, 3.8) is 0 Å². The molecule has 0 spiro atoms. The van der Waals surface area contributed by atoms with Gasteiger partial charge in [0.15, 0.2) is 0 Å². The quantitative estimate of drug-likeness (QED) is 0.919. The van der Waals surface area contributed by atoms with Gasteiger partial charge < -0.3 is 15.1 Å². The van der Waals surface area contributed by atoms with Crippen molar-refractivity contribution in [3.8, 4) is 0 Å². The van der Waals surface area contributed by atoms with Gasteiger partial charge in [0.1, 0.15) is 11.3 Å². The molecule has 0 fully saturated rings. The zero-order valence-electron chi connectivity index (χ0n) is 12.7. The number of rotatable bonds is 5. The van der Waals surface area contributed by atoms with Gasteiger partial charge in [0.2, 0.25) is 5.91 Å². The normalized spacial score (nSPS) is 13.5. The van der Waals surface area contributed by atoms with Crippen LogP contribution < -0.4 is 5.73 Å². The largest absolute Gasteiger partial charge is 0.459 e. The molecule has 0 aliphatic rings. The minimum atomic E-state index is -0.0806. The van der Waals surface area contributed by atoms with Crippen LogP contribution in [0.3, 0.4) is 0 Å². The van der Waals surface area contributed by atoms with E-state index in [1.54, 1.807) is 11.9 Å². The van der Waals surface area contributed by atoms with Crippen LogP contribution in [0.15, 0.2) is 34.7 Å². The topological polar surface area (TPSA) is 59.5 Å². The summed E-state index contributed by atoms with van der Waals surface area (Å²) in [6.07, 6.45) is 1.18. The van der Waals surface area contributed by atoms with Crippen LogP contribution in [0.4, 0.5) is 0 Å². The second-order valence-corrected chi connectivity index (χ2v) is 5.38. The molecule has 0 saturated heterocycles. The number of amides is 1. The van der Waals surface area contributed by atoms with Gasteiger partial charge in [-0.2, -0.15) is 0 Å². The van der Waals surface area contributed by atoms with Crippen LogP contribution in [-0.2, 0) is 4.79 Å². The van der Waals surface area contributed by atoms with Crippen molar-refractivity contribution >= 4 is 29.3 Å². The molecule has 0 bridgehead atoms. The summed E-state index contributed by atoms with van der Waals surface area (Å²) >= 11 is 0. The molecule has 5 heteroatoms. The highest BCUT2D eigenvalue weighted by atomic mass is 35.5. The molecule has 1 heterocycles. The summed E-state index contributed by atoms with van der Waals surface area (Å²) in [7, 11) is 1.81. The van der Waals surface area contributed by atoms with E-state index in [4.69, 9.17) is 10.2 Å². The van der Waals surface area contributed by atoms with E-state index in [1.807, 2.05) is 44.2 Å². The summed E-state index contributed by atoms with van der Waals surface area (Å²) < 4.78 is 5.81. The third kappa shape index (κ3) is 4.22. The average molecular weight is 311 g/mol. The number of halogens is 1. The fourth-order valence-corrected chi connectivity index (χ4v) is 2.14. The van der Waals surface area contributed by atoms with E-state index in [0.29, 0.717) is 12.8 Å². The number of para-hydroxylation sites is 1. The highest BCUT2D eigenvalue weighted by Crippen LogP contribution is 2.27. The average Bonchev–Trinajstić information content (AvgIpc) is 2.86. The minimum Gasteiger partial charge on any atom is -0.459 e. The third-order valence-electron chi connectivity index (χ3n) is 3.64. The number of furan rings is 1. The summed E-state index contributed by atoms with van der Waals surface area (Å²) in [4.78, 5) is 13.8. The second-order valence-electron chi connectivity index (χ2n) is 5.38. The van der Waals surface area contributed by atoms with Gasteiger partial charge in [-0.15, -0.1) is 12.4 Å². The lowest BCUT2D eigenvalue weighted by molar-refractivity contribution is -0.132.